The molecule has 31 heavy (non-hydrogen) atoms. The third kappa shape index (κ3) is 5.59. The molecule has 0 aliphatic carbocycles. The van der Waals surface area contributed by atoms with E-state index in [2.05, 4.69) is 10.1 Å². The molecule has 0 N–H and O–H groups in total. The van der Waals surface area contributed by atoms with E-state index >= 15 is 0 Å². The van der Waals surface area contributed by atoms with Crippen molar-refractivity contribution >= 4 is 5.91 Å². The summed E-state index contributed by atoms with van der Waals surface area (Å²) >= 11 is 0. The minimum Gasteiger partial charge on any atom is -0.484 e. The van der Waals surface area contributed by atoms with Gasteiger partial charge in [-0.1, -0.05) is 30.1 Å². The first-order valence-electron chi connectivity index (χ1n) is 10.4. The van der Waals surface area contributed by atoms with Crippen molar-refractivity contribution < 1.29 is 23.2 Å². The van der Waals surface area contributed by atoms with Crippen LogP contribution < -0.4 is 9.47 Å². The number of aromatic nitrogens is 2. The number of hydrogen-bond donors (Lipinski definition) is 0. The van der Waals surface area contributed by atoms with Crippen LogP contribution in [0, 0.1) is 5.82 Å². The Morgan fingerprint density at radius 1 is 1.00 bits per heavy atom. The number of para-hydroxylation sites is 1. The monoisotopic (exact) mass is 425 g/mol. The summed E-state index contributed by atoms with van der Waals surface area (Å²) in [5.74, 6) is 1.27. The van der Waals surface area contributed by atoms with Gasteiger partial charge in [0.05, 0.1) is 5.56 Å². The van der Waals surface area contributed by atoms with E-state index < -0.39 is 0 Å². The van der Waals surface area contributed by atoms with Crippen molar-refractivity contribution in [3.05, 3.63) is 60.2 Å². The summed E-state index contributed by atoms with van der Waals surface area (Å²) in [7, 11) is 0. The van der Waals surface area contributed by atoms with E-state index in [4.69, 9.17) is 14.0 Å². The van der Waals surface area contributed by atoms with Crippen LogP contribution >= 0.6 is 0 Å². The van der Waals surface area contributed by atoms with E-state index in [1.54, 1.807) is 12.1 Å². The van der Waals surface area contributed by atoms with E-state index in [0.717, 1.165) is 25.9 Å². The average Bonchev–Trinajstić information content (AvgIpc) is 3.10. The van der Waals surface area contributed by atoms with Crippen LogP contribution in [-0.2, 0) is 11.4 Å². The highest BCUT2D eigenvalue weighted by atomic mass is 19.1. The van der Waals surface area contributed by atoms with Crippen LogP contribution in [0.1, 0.15) is 31.6 Å². The first-order chi connectivity index (χ1) is 15.2. The summed E-state index contributed by atoms with van der Waals surface area (Å²) in [6.07, 6.45) is 4.40. The molecule has 1 amide bonds. The predicted molar refractivity (Wildman–Crippen MR) is 111 cm³/mol. The Morgan fingerprint density at radius 2 is 1.74 bits per heavy atom. The second-order valence-electron chi connectivity index (χ2n) is 7.33. The molecular formula is C23H24FN3O4. The van der Waals surface area contributed by atoms with Crippen molar-refractivity contribution in [2.45, 2.75) is 32.3 Å². The molecule has 2 aromatic carbocycles. The topological polar surface area (TPSA) is 77.7 Å². The molecule has 2 heterocycles. The number of carbonyl (C=O) groups is 1. The van der Waals surface area contributed by atoms with E-state index in [-0.39, 0.29) is 30.8 Å². The Morgan fingerprint density at radius 3 is 2.52 bits per heavy atom. The maximum Gasteiger partial charge on any atom is 0.264 e. The zero-order chi connectivity index (χ0) is 21.5. The molecular weight excluding hydrogens is 401 g/mol. The molecule has 0 saturated carbocycles. The van der Waals surface area contributed by atoms with E-state index in [9.17, 15) is 9.18 Å². The second kappa shape index (κ2) is 10.1. The Bertz CT molecular complexity index is 998. The molecule has 0 spiro atoms. The summed E-state index contributed by atoms with van der Waals surface area (Å²) in [5, 5.41) is 4.00. The number of benzene rings is 2. The quantitative estimate of drug-likeness (QED) is 0.564. The van der Waals surface area contributed by atoms with Crippen LogP contribution in [0.4, 0.5) is 4.39 Å². The van der Waals surface area contributed by atoms with Gasteiger partial charge in [0.25, 0.3) is 11.8 Å². The first-order valence-corrected chi connectivity index (χ1v) is 10.4. The molecule has 1 aliphatic rings. The molecule has 7 nitrogen and oxygen atoms in total. The molecule has 1 aromatic heterocycles. The molecule has 0 radical (unpaired) electrons. The van der Waals surface area contributed by atoms with Gasteiger partial charge in [0.15, 0.2) is 13.2 Å². The lowest BCUT2D eigenvalue weighted by Gasteiger charge is -2.20. The highest BCUT2D eigenvalue weighted by molar-refractivity contribution is 5.78. The SMILES string of the molecule is O=C(COc1ccccc1-c1noc(COc2ccc(F)cc2)n1)N1CCCCCC1. The van der Waals surface area contributed by atoms with Crippen molar-refractivity contribution in [2.24, 2.45) is 0 Å². The number of amides is 1. The smallest absolute Gasteiger partial charge is 0.264 e. The van der Waals surface area contributed by atoms with Crippen LogP contribution in [0.3, 0.4) is 0 Å². The lowest BCUT2D eigenvalue weighted by molar-refractivity contribution is -0.133. The lowest BCUT2D eigenvalue weighted by Crippen LogP contribution is -2.35. The molecule has 3 aromatic rings. The van der Waals surface area contributed by atoms with Gasteiger partial charge in [0, 0.05) is 13.1 Å². The minimum absolute atomic E-state index is 0.0156. The Kier molecular flexibility index (Phi) is 6.76. The molecule has 0 unspecified atom stereocenters. The first kappa shape index (κ1) is 20.8. The average molecular weight is 425 g/mol. The number of hydrogen-bond acceptors (Lipinski definition) is 6. The maximum absolute atomic E-state index is 13.0. The molecule has 1 fully saturated rings. The van der Waals surface area contributed by atoms with Crippen LogP contribution in [-0.4, -0.2) is 40.6 Å². The normalized spacial score (nSPS) is 14.2. The van der Waals surface area contributed by atoms with Crippen molar-refractivity contribution in [1.29, 1.82) is 0 Å². The number of nitrogens with zero attached hydrogens (tertiary/aromatic N) is 3. The molecule has 0 bridgehead atoms. The predicted octanol–water partition coefficient (Wildman–Crippen LogP) is 4.24. The number of likely N-dealkylation sites (tertiary alicyclic amines) is 1. The Balaban J connectivity index is 1.38. The van der Waals surface area contributed by atoms with Gasteiger partial charge in [0.2, 0.25) is 5.82 Å². The standard InChI is InChI=1S/C23H24FN3O4/c24-17-9-11-18(12-10-17)29-15-21-25-23(26-31-21)19-7-3-4-8-20(19)30-16-22(28)27-13-5-1-2-6-14-27/h3-4,7-12H,1-2,5-6,13-16H2. The fourth-order valence-corrected chi connectivity index (χ4v) is 3.43. The summed E-state index contributed by atoms with van der Waals surface area (Å²) in [4.78, 5) is 18.7. The van der Waals surface area contributed by atoms with Crippen LogP contribution in [0.2, 0.25) is 0 Å². The number of halogens is 1. The third-order valence-electron chi connectivity index (χ3n) is 5.08. The molecule has 1 saturated heterocycles. The second-order valence-corrected chi connectivity index (χ2v) is 7.33. The fraction of sp³-hybridized carbons (Fsp3) is 0.348. The largest absolute Gasteiger partial charge is 0.484 e. The molecule has 1 aliphatic heterocycles. The van der Waals surface area contributed by atoms with E-state index in [1.807, 2.05) is 17.0 Å². The van der Waals surface area contributed by atoms with E-state index in [1.165, 1.54) is 37.1 Å². The summed E-state index contributed by atoms with van der Waals surface area (Å²) in [5.41, 5.74) is 0.628. The molecule has 4 rings (SSSR count). The van der Waals surface area contributed by atoms with Crippen molar-refractivity contribution in [3.8, 4) is 22.9 Å². The zero-order valence-electron chi connectivity index (χ0n) is 17.1. The van der Waals surface area contributed by atoms with Gasteiger partial charge in [-0.3, -0.25) is 4.79 Å². The highest BCUT2D eigenvalue weighted by Crippen LogP contribution is 2.28. The van der Waals surface area contributed by atoms with Gasteiger partial charge in [0.1, 0.15) is 17.3 Å². The van der Waals surface area contributed by atoms with Gasteiger partial charge < -0.3 is 18.9 Å². The van der Waals surface area contributed by atoms with Crippen LogP contribution in [0.5, 0.6) is 11.5 Å². The van der Waals surface area contributed by atoms with E-state index in [0.29, 0.717) is 22.9 Å². The Hall–Kier alpha value is -3.42. The van der Waals surface area contributed by atoms with Gasteiger partial charge >= 0.3 is 0 Å². The molecule has 162 valence electrons. The van der Waals surface area contributed by atoms with Gasteiger partial charge in [-0.25, -0.2) is 4.39 Å². The minimum atomic E-state index is -0.335. The Labute approximate surface area is 179 Å². The maximum atomic E-state index is 13.0. The summed E-state index contributed by atoms with van der Waals surface area (Å²) < 4.78 is 29.6. The lowest BCUT2D eigenvalue weighted by atomic mass is 10.2. The van der Waals surface area contributed by atoms with Crippen LogP contribution in [0.15, 0.2) is 53.1 Å². The fourth-order valence-electron chi connectivity index (χ4n) is 3.43. The van der Waals surface area contributed by atoms with Crippen LogP contribution in [0.25, 0.3) is 11.4 Å². The van der Waals surface area contributed by atoms with Gasteiger partial charge in [-0.15, -0.1) is 0 Å². The molecule has 0 atom stereocenters. The number of carbonyl (C=O) groups excluding carboxylic acids is 1. The van der Waals surface area contributed by atoms with Gasteiger partial charge in [-0.2, -0.15) is 4.98 Å². The highest BCUT2D eigenvalue weighted by Gasteiger charge is 2.18. The van der Waals surface area contributed by atoms with Crippen molar-refractivity contribution in [1.82, 2.24) is 15.0 Å². The van der Waals surface area contributed by atoms with Crippen molar-refractivity contribution in [3.63, 3.8) is 0 Å². The summed E-state index contributed by atoms with van der Waals surface area (Å²) in [6.45, 7) is 1.59. The summed E-state index contributed by atoms with van der Waals surface area (Å²) in [6, 6.07) is 12.9. The van der Waals surface area contributed by atoms with Crippen molar-refractivity contribution in [2.75, 3.05) is 19.7 Å². The number of ether oxygens (including phenoxy) is 2. The zero-order valence-corrected chi connectivity index (χ0v) is 17.1. The number of rotatable bonds is 7. The molecule has 8 heteroatoms. The van der Waals surface area contributed by atoms with Gasteiger partial charge in [-0.05, 0) is 49.2 Å². The third-order valence-corrected chi connectivity index (χ3v) is 5.08.